The van der Waals surface area contributed by atoms with Crippen LogP contribution in [0.5, 0.6) is 5.75 Å². The van der Waals surface area contributed by atoms with Gasteiger partial charge in [-0.05, 0) is 64.7 Å². The van der Waals surface area contributed by atoms with Gasteiger partial charge in [-0.3, -0.25) is 4.90 Å². The van der Waals surface area contributed by atoms with Crippen LogP contribution < -0.4 is 10.5 Å². The zero-order valence-corrected chi connectivity index (χ0v) is 13.3. The van der Waals surface area contributed by atoms with E-state index in [2.05, 4.69) is 56.9 Å². The molecule has 1 saturated heterocycles. The summed E-state index contributed by atoms with van der Waals surface area (Å²) in [6, 6.07) is 8.40. The predicted molar refractivity (Wildman–Crippen MR) is 83.9 cm³/mol. The zero-order valence-electron chi connectivity index (χ0n) is 13.3. The number of nitrogens with zero attached hydrogens (tertiary/aromatic N) is 1. The van der Waals surface area contributed by atoms with Gasteiger partial charge in [0.2, 0.25) is 0 Å². The van der Waals surface area contributed by atoms with Crippen LogP contribution in [0.1, 0.15) is 46.1 Å². The Morgan fingerprint density at radius 2 is 1.70 bits per heavy atom. The molecule has 1 atom stereocenters. The highest BCUT2D eigenvalue weighted by atomic mass is 16.5. The molecular weight excluding hydrogens is 248 g/mol. The summed E-state index contributed by atoms with van der Waals surface area (Å²) in [7, 11) is 0. The molecule has 0 amide bonds. The molecule has 1 aliphatic rings. The van der Waals surface area contributed by atoms with E-state index in [1.807, 2.05) is 0 Å². The third-order valence-corrected chi connectivity index (χ3v) is 3.85. The Morgan fingerprint density at radius 3 is 2.15 bits per heavy atom. The molecule has 0 radical (unpaired) electrons. The molecule has 1 aromatic rings. The Labute approximate surface area is 123 Å². The molecule has 3 nitrogen and oxygen atoms in total. The van der Waals surface area contributed by atoms with Crippen LogP contribution in [-0.2, 0) is 6.42 Å². The fourth-order valence-electron chi connectivity index (χ4n) is 2.46. The molecule has 1 heterocycles. The van der Waals surface area contributed by atoms with Crippen LogP contribution in [0.2, 0.25) is 0 Å². The Kier molecular flexibility index (Phi) is 4.40. The van der Waals surface area contributed by atoms with E-state index in [0.717, 1.165) is 31.7 Å². The number of nitrogens with two attached hydrogens (primary N) is 1. The van der Waals surface area contributed by atoms with E-state index in [-0.39, 0.29) is 11.3 Å². The second-order valence-corrected chi connectivity index (χ2v) is 7.06. The van der Waals surface area contributed by atoms with Crippen LogP contribution in [0.15, 0.2) is 24.3 Å². The van der Waals surface area contributed by atoms with Gasteiger partial charge in [0.15, 0.2) is 0 Å². The van der Waals surface area contributed by atoms with Crippen molar-refractivity contribution >= 4 is 0 Å². The van der Waals surface area contributed by atoms with Gasteiger partial charge in [0, 0.05) is 13.1 Å². The maximum absolute atomic E-state index is 6.38. The van der Waals surface area contributed by atoms with E-state index < -0.39 is 0 Å². The summed E-state index contributed by atoms with van der Waals surface area (Å²) in [4.78, 5) is 2.37. The molecule has 3 heteroatoms. The van der Waals surface area contributed by atoms with E-state index >= 15 is 0 Å². The van der Waals surface area contributed by atoms with Crippen molar-refractivity contribution in [2.45, 2.75) is 58.2 Å². The second kappa shape index (κ2) is 5.74. The monoisotopic (exact) mass is 276 g/mol. The highest BCUT2D eigenvalue weighted by molar-refractivity contribution is 5.28. The third-order valence-electron chi connectivity index (χ3n) is 3.85. The number of ether oxygens (including phenoxy) is 1. The van der Waals surface area contributed by atoms with Gasteiger partial charge < -0.3 is 10.5 Å². The molecule has 2 rings (SSSR count). The lowest BCUT2D eigenvalue weighted by atomic mass is 9.97. The van der Waals surface area contributed by atoms with E-state index in [0.29, 0.717) is 0 Å². The summed E-state index contributed by atoms with van der Waals surface area (Å²) in [5.41, 5.74) is 7.40. The lowest BCUT2D eigenvalue weighted by Gasteiger charge is -2.44. The predicted octanol–water partition coefficient (Wildman–Crippen LogP) is 3.18. The first-order valence-electron chi connectivity index (χ1n) is 7.58. The normalized spacial score (nSPS) is 19.2. The number of hydrogen-bond acceptors (Lipinski definition) is 3. The maximum atomic E-state index is 6.38. The van der Waals surface area contributed by atoms with Gasteiger partial charge in [-0.25, -0.2) is 0 Å². The standard InChI is InChI=1S/C17H28N2O/c1-16(2,3)20-15-8-6-14(7-9-15)10-11-17(4,18)19-12-5-13-19/h6-9H,5,10-13,18H2,1-4H3. The zero-order chi connectivity index (χ0) is 14.8. The van der Waals surface area contributed by atoms with Crippen molar-refractivity contribution in [1.29, 1.82) is 0 Å². The molecule has 0 bridgehead atoms. The summed E-state index contributed by atoms with van der Waals surface area (Å²) >= 11 is 0. The molecule has 1 aromatic carbocycles. The van der Waals surface area contributed by atoms with E-state index in [4.69, 9.17) is 10.5 Å². The molecule has 1 unspecified atom stereocenters. The fraction of sp³-hybridized carbons (Fsp3) is 0.647. The lowest BCUT2D eigenvalue weighted by molar-refractivity contribution is 0.0401. The number of hydrogen-bond donors (Lipinski definition) is 1. The van der Waals surface area contributed by atoms with Crippen molar-refractivity contribution in [3.05, 3.63) is 29.8 Å². The minimum Gasteiger partial charge on any atom is -0.488 e. The van der Waals surface area contributed by atoms with Crippen LogP contribution in [-0.4, -0.2) is 29.3 Å². The van der Waals surface area contributed by atoms with Crippen molar-refractivity contribution in [3.8, 4) is 5.75 Å². The largest absolute Gasteiger partial charge is 0.488 e. The average Bonchev–Trinajstić information content (AvgIpc) is 2.23. The van der Waals surface area contributed by atoms with Gasteiger partial charge in [-0.2, -0.15) is 0 Å². The van der Waals surface area contributed by atoms with E-state index in [9.17, 15) is 0 Å². The summed E-state index contributed by atoms with van der Waals surface area (Å²) in [6.45, 7) is 10.6. The first-order valence-corrected chi connectivity index (χ1v) is 7.58. The van der Waals surface area contributed by atoms with E-state index in [1.165, 1.54) is 12.0 Å². The molecule has 112 valence electrons. The molecule has 0 aromatic heterocycles. The summed E-state index contributed by atoms with van der Waals surface area (Å²) < 4.78 is 5.83. The maximum Gasteiger partial charge on any atom is 0.120 e. The number of likely N-dealkylation sites (tertiary alicyclic amines) is 1. The second-order valence-electron chi connectivity index (χ2n) is 7.06. The Morgan fingerprint density at radius 1 is 1.10 bits per heavy atom. The third kappa shape index (κ3) is 4.22. The number of aryl methyl sites for hydroxylation is 1. The smallest absolute Gasteiger partial charge is 0.120 e. The van der Waals surface area contributed by atoms with Crippen LogP contribution >= 0.6 is 0 Å². The van der Waals surface area contributed by atoms with Gasteiger partial charge in [0.05, 0.1) is 5.66 Å². The highest BCUT2D eigenvalue weighted by Gasteiger charge is 2.30. The van der Waals surface area contributed by atoms with Crippen LogP contribution in [0, 0.1) is 0 Å². The van der Waals surface area contributed by atoms with Gasteiger partial charge in [-0.15, -0.1) is 0 Å². The minimum absolute atomic E-state index is 0.144. The molecule has 20 heavy (non-hydrogen) atoms. The Bertz CT molecular complexity index is 427. The summed E-state index contributed by atoms with van der Waals surface area (Å²) in [6.07, 6.45) is 3.29. The molecule has 0 spiro atoms. The number of benzene rings is 1. The SMILES string of the molecule is CC(C)(C)Oc1ccc(CCC(C)(N)N2CCC2)cc1. The van der Waals surface area contributed by atoms with Gasteiger partial charge in [0.25, 0.3) is 0 Å². The van der Waals surface area contributed by atoms with Crippen molar-refractivity contribution in [2.75, 3.05) is 13.1 Å². The number of rotatable bonds is 5. The fourth-order valence-corrected chi connectivity index (χ4v) is 2.46. The van der Waals surface area contributed by atoms with Crippen LogP contribution in [0.25, 0.3) is 0 Å². The first-order chi connectivity index (χ1) is 9.26. The van der Waals surface area contributed by atoms with Crippen LogP contribution in [0.3, 0.4) is 0 Å². The molecule has 0 aliphatic carbocycles. The van der Waals surface area contributed by atoms with Crippen molar-refractivity contribution in [3.63, 3.8) is 0 Å². The summed E-state index contributed by atoms with van der Waals surface area (Å²) in [5.74, 6) is 0.930. The molecule has 2 N–H and O–H groups in total. The average molecular weight is 276 g/mol. The van der Waals surface area contributed by atoms with E-state index in [1.54, 1.807) is 0 Å². The molecule has 1 aliphatic heterocycles. The van der Waals surface area contributed by atoms with Gasteiger partial charge in [-0.1, -0.05) is 12.1 Å². The minimum atomic E-state index is -0.168. The van der Waals surface area contributed by atoms with Crippen molar-refractivity contribution in [2.24, 2.45) is 5.73 Å². The topological polar surface area (TPSA) is 38.5 Å². The first kappa shape index (κ1) is 15.3. The summed E-state index contributed by atoms with van der Waals surface area (Å²) in [5, 5.41) is 0. The lowest BCUT2D eigenvalue weighted by Crippen LogP contribution is -2.59. The Hall–Kier alpha value is -1.06. The van der Waals surface area contributed by atoms with Crippen molar-refractivity contribution in [1.82, 2.24) is 4.90 Å². The van der Waals surface area contributed by atoms with Gasteiger partial charge in [0.1, 0.15) is 11.4 Å². The van der Waals surface area contributed by atoms with Gasteiger partial charge >= 0.3 is 0 Å². The molecule has 1 fully saturated rings. The quantitative estimate of drug-likeness (QED) is 0.897. The molecule has 0 saturated carbocycles. The van der Waals surface area contributed by atoms with Crippen LogP contribution in [0.4, 0.5) is 0 Å². The van der Waals surface area contributed by atoms with Crippen molar-refractivity contribution < 1.29 is 4.74 Å². The highest BCUT2D eigenvalue weighted by Crippen LogP contribution is 2.23. The molecular formula is C17H28N2O. The Balaban J connectivity index is 1.87.